The van der Waals surface area contributed by atoms with E-state index in [0.717, 1.165) is 0 Å². The highest BCUT2D eigenvalue weighted by molar-refractivity contribution is 5.54. The molecule has 0 radical (unpaired) electrons. The van der Waals surface area contributed by atoms with Crippen molar-refractivity contribution < 1.29 is 13.6 Å². The first kappa shape index (κ1) is 9.43. The minimum atomic E-state index is -2.67. The summed E-state index contributed by atoms with van der Waals surface area (Å²) < 4.78 is 25.7. The van der Waals surface area contributed by atoms with Crippen LogP contribution in [-0.4, -0.2) is 16.2 Å². The van der Waals surface area contributed by atoms with Gasteiger partial charge in [0.1, 0.15) is 5.69 Å². The Labute approximate surface area is 72.7 Å². The molecule has 0 bridgehead atoms. The molecule has 0 spiro atoms. The molecule has 0 saturated heterocycles. The molecule has 0 unspecified atom stereocenters. The van der Waals surface area contributed by atoms with Crippen LogP contribution in [0.1, 0.15) is 12.1 Å². The maximum Gasteiger partial charge on any atom is 0.284 e. The number of rotatable bonds is 4. The first-order chi connectivity index (χ1) is 6.15. The number of carbonyl (C=O) groups excluding carboxylic acids is 1. The summed E-state index contributed by atoms with van der Waals surface area (Å²) in [5.74, 6) is 0. The predicted octanol–water partition coefficient (Wildman–Crippen LogP) is 0.431. The van der Waals surface area contributed by atoms with E-state index in [1.165, 1.54) is 17.9 Å². The molecular weight excluding hydrogens is 182 g/mol. The van der Waals surface area contributed by atoms with Gasteiger partial charge >= 0.3 is 0 Å². The van der Waals surface area contributed by atoms with Crippen molar-refractivity contribution in [1.82, 2.24) is 15.2 Å². The summed E-state index contributed by atoms with van der Waals surface area (Å²) in [5.41, 5.74) is 4.04. The van der Waals surface area contributed by atoms with Crippen LogP contribution in [0.15, 0.2) is 6.20 Å². The average Bonchev–Trinajstić information content (AvgIpc) is 2.43. The Morgan fingerprint density at radius 2 is 2.38 bits per heavy atom. The number of hydrogen-bond donors (Lipinski definition) is 2. The van der Waals surface area contributed by atoms with Crippen molar-refractivity contribution in [3.63, 3.8) is 0 Å². The van der Waals surface area contributed by atoms with Gasteiger partial charge in [-0.2, -0.15) is 5.10 Å². The second-order valence-corrected chi connectivity index (χ2v) is 2.29. The highest BCUT2D eigenvalue weighted by Gasteiger charge is 2.16. The van der Waals surface area contributed by atoms with Crippen molar-refractivity contribution >= 4 is 12.1 Å². The zero-order chi connectivity index (χ0) is 9.84. The summed E-state index contributed by atoms with van der Waals surface area (Å²) in [6.07, 6.45) is -0.975. The number of amides is 1. The molecule has 5 nitrogen and oxygen atoms in total. The van der Waals surface area contributed by atoms with Gasteiger partial charge in [-0.25, -0.2) is 8.78 Å². The third-order valence-electron chi connectivity index (χ3n) is 1.33. The van der Waals surface area contributed by atoms with E-state index in [1.807, 2.05) is 0 Å². The molecule has 1 aromatic rings. The van der Waals surface area contributed by atoms with E-state index in [9.17, 15) is 13.6 Å². The monoisotopic (exact) mass is 190 g/mol. The highest BCUT2D eigenvalue weighted by Crippen LogP contribution is 2.24. The Kier molecular flexibility index (Phi) is 2.78. The van der Waals surface area contributed by atoms with Crippen molar-refractivity contribution in [2.45, 2.75) is 6.43 Å². The fourth-order valence-electron chi connectivity index (χ4n) is 0.870. The fourth-order valence-corrected chi connectivity index (χ4v) is 0.870. The van der Waals surface area contributed by atoms with Crippen LogP contribution in [0.3, 0.4) is 0 Å². The van der Waals surface area contributed by atoms with Gasteiger partial charge < -0.3 is 0 Å². The van der Waals surface area contributed by atoms with Crippen LogP contribution in [0.4, 0.5) is 14.5 Å². The van der Waals surface area contributed by atoms with E-state index < -0.39 is 12.1 Å². The number of hydrazine groups is 1. The molecule has 0 saturated carbocycles. The van der Waals surface area contributed by atoms with Crippen LogP contribution in [0.2, 0.25) is 0 Å². The predicted molar refractivity (Wildman–Crippen MR) is 41.0 cm³/mol. The van der Waals surface area contributed by atoms with Gasteiger partial charge in [0.25, 0.3) is 6.43 Å². The van der Waals surface area contributed by atoms with E-state index >= 15 is 0 Å². The standard InChI is InChI=1S/C6H8F2N4O/c1-12-2-4(10-9-3-13)5(11-12)6(7)8/h2-3,6,10H,1H3,(H,9,13). The minimum Gasteiger partial charge on any atom is -0.295 e. The average molecular weight is 190 g/mol. The molecule has 1 rings (SSSR count). The number of nitrogens with zero attached hydrogens (tertiary/aromatic N) is 2. The van der Waals surface area contributed by atoms with Crippen LogP contribution in [0.5, 0.6) is 0 Å². The lowest BCUT2D eigenvalue weighted by Gasteiger charge is -2.01. The van der Waals surface area contributed by atoms with Crippen molar-refractivity contribution in [3.05, 3.63) is 11.9 Å². The highest BCUT2D eigenvalue weighted by atomic mass is 19.3. The van der Waals surface area contributed by atoms with Gasteiger partial charge in [-0.1, -0.05) is 0 Å². The summed E-state index contributed by atoms with van der Waals surface area (Å²) in [7, 11) is 1.51. The molecule has 0 aliphatic heterocycles. The molecule has 1 heterocycles. The number of halogens is 2. The Hall–Kier alpha value is -1.66. The Morgan fingerprint density at radius 1 is 1.69 bits per heavy atom. The van der Waals surface area contributed by atoms with Gasteiger partial charge in [-0.05, 0) is 0 Å². The van der Waals surface area contributed by atoms with Crippen LogP contribution < -0.4 is 10.9 Å². The van der Waals surface area contributed by atoms with Gasteiger partial charge in [-0.3, -0.25) is 20.3 Å². The molecule has 1 aromatic heterocycles. The lowest BCUT2D eigenvalue weighted by molar-refractivity contribution is -0.109. The largest absolute Gasteiger partial charge is 0.295 e. The number of anilines is 1. The fraction of sp³-hybridized carbons (Fsp3) is 0.333. The van der Waals surface area contributed by atoms with Gasteiger partial charge in [0.15, 0.2) is 5.69 Å². The minimum absolute atomic E-state index is 0.0876. The van der Waals surface area contributed by atoms with Gasteiger partial charge in [-0.15, -0.1) is 0 Å². The molecule has 72 valence electrons. The summed E-state index contributed by atoms with van der Waals surface area (Å²) in [6.45, 7) is 0. The van der Waals surface area contributed by atoms with Crippen molar-refractivity contribution in [2.24, 2.45) is 7.05 Å². The van der Waals surface area contributed by atoms with Crippen LogP contribution in [-0.2, 0) is 11.8 Å². The lowest BCUT2D eigenvalue weighted by atomic mass is 10.4. The third kappa shape index (κ3) is 2.14. The number of aryl methyl sites for hydroxylation is 1. The lowest BCUT2D eigenvalue weighted by Crippen LogP contribution is -2.19. The number of nitrogens with one attached hydrogen (secondary N) is 2. The Bertz CT molecular complexity index is 299. The molecule has 2 N–H and O–H groups in total. The van der Waals surface area contributed by atoms with Crippen molar-refractivity contribution in [2.75, 3.05) is 5.43 Å². The molecule has 0 fully saturated rings. The molecule has 1 amide bonds. The van der Waals surface area contributed by atoms with Gasteiger partial charge in [0.2, 0.25) is 6.41 Å². The molecule has 0 aliphatic carbocycles. The first-order valence-corrected chi connectivity index (χ1v) is 3.42. The normalized spacial score (nSPS) is 10.2. The zero-order valence-electron chi connectivity index (χ0n) is 6.79. The van der Waals surface area contributed by atoms with Crippen LogP contribution >= 0.6 is 0 Å². The van der Waals surface area contributed by atoms with E-state index in [1.54, 1.807) is 0 Å². The first-order valence-electron chi connectivity index (χ1n) is 3.42. The quantitative estimate of drug-likeness (QED) is 0.534. The van der Waals surface area contributed by atoms with Crippen molar-refractivity contribution in [1.29, 1.82) is 0 Å². The van der Waals surface area contributed by atoms with Crippen LogP contribution in [0.25, 0.3) is 0 Å². The topological polar surface area (TPSA) is 59.0 Å². The Morgan fingerprint density at radius 3 is 2.92 bits per heavy atom. The van der Waals surface area contributed by atoms with E-state index in [0.29, 0.717) is 6.41 Å². The van der Waals surface area contributed by atoms with Gasteiger partial charge in [0, 0.05) is 7.05 Å². The number of aromatic nitrogens is 2. The number of alkyl halides is 2. The smallest absolute Gasteiger partial charge is 0.284 e. The van der Waals surface area contributed by atoms with E-state index in [4.69, 9.17) is 0 Å². The SMILES string of the molecule is Cn1cc(NNC=O)c(C(F)F)n1. The summed E-state index contributed by atoms with van der Waals surface area (Å²) >= 11 is 0. The van der Waals surface area contributed by atoms with Crippen LogP contribution in [0, 0.1) is 0 Å². The maximum atomic E-state index is 12.2. The molecule has 0 atom stereocenters. The number of carbonyl (C=O) groups is 1. The van der Waals surface area contributed by atoms with E-state index in [-0.39, 0.29) is 5.69 Å². The molecule has 13 heavy (non-hydrogen) atoms. The van der Waals surface area contributed by atoms with Gasteiger partial charge in [0.05, 0.1) is 6.20 Å². The maximum absolute atomic E-state index is 12.2. The second-order valence-electron chi connectivity index (χ2n) is 2.29. The molecule has 0 aliphatic rings. The summed E-state index contributed by atoms with van der Waals surface area (Å²) in [4.78, 5) is 9.88. The number of hydrogen-bond acceptors (Lipinski definition) is 3. The summed E-state index contributed by atoms with van der Waals surface area (Å²) in [5, 5.41) is 3.51. The third-order valence-corrected chi connectivity index (χ3v) is 1.33. The second kappa shape index (κ2) is 3.83. The molecule has 0 aromatic carbocycles. The van der Waals surface area contributed by atoms with E-state index in [2.05, 4.69) is 16.0 Å². The zero-order valence-corrected chi connectivity index (χ0v) is 6.79. The molecule has 7 heteroatoms. The Balaban J connectivity index is 2.84. The van der Waals surface area contributed by atoms with Crippen molar-refractivity contribution in [3.8, 4) is 0 Å². The molecular formula is C6H8F2N4O. The summed E-state index contributed by atoms with van der Waals surface area (Å²) in [6, 6.07) is 0.